The molecule has 4 aromatic heterocycles. The number of hydrogen-bond acceptors (Lipinski definition) is 18. The maximum absolute atomic E-state index is 14.4. The molecule has 4 aromatic carbocycles. The molecule has 0 unspecified atom stereocenters. The van der Waals surface area contributed by atoms with Gasteiger partial charge in [0.2, 0.25) is 46.9 Å². The van der Waals surface area contributed by atoms with Gasteiger partial charge in [-0.1, -0.05) is 40.0 Å². The van der Waals surface area contributed by atoms with E-state index in [2.05, 4.69) is 46.5 Å². The molecule has 32 nitrogen and oxygen atoms in total. The van der Waals surface area contributed by atoms with Crippen LogP contribution in [0.4, 0.5) is 115 Å². The number of alkyl carbamates (subject to hydrolysis) is 2. The van der Waals surface area contributed by atoms with Gasteiger partial charge in [0.1, 0.15) is 34.5 Å². The van der Waals surface area contributed by atoms with Crippen molar-refractivity contribution in [2.24, 2.45) is 11.5 Å². The Balaban J connectivity index is 0.000000222. The van der Waals surface area contributed by atoms with Crippen molar-refractivity contribution in [3.05, 3.63) is 209 Å². The molecule has 12 rings (SSSR count). The summed E-state index contributed by atoms with van der Waals surface area (Å²) in [5.74, 6) is -26.6. The average Bonchev–Trinajstić information content (AvgIpc) is 1.62. The largest absolute Gasteiger partial charge is 0.476 e. The summed E-state index contributed by atoms with van der Waals surface area (Å²) in [5.41, 5.74) is 6.19. The van der Waals surface area contributed by atoms with E-state index in [0.29, 0.717) is 72.4 Å². The SMILES string of the molecule is CC(C)(C)OC(=O)N[C@@H](CC(=O)N1CCn2c(C(F)(F)F)nc(C(=O)O)c2C1)Cc1cc(F)c(F)cc1F.CCCCNC(=O)c1nc(C(F)(F)F)n2c1CN(C(=O)C[C@@H](Cc1cc(F)c(F)cc1F)NC(=O)OC(C)(C)C)CC2.CCCCNC(=O)c1nc(C(F)(F)F)n2c1CN(C(=O)C[C@H](N)Cc1cc(F)c(F)cc1F)CC2.CCCCNC(=O)c1nc(C(F)(F)F)n2c1CN(C(=O)C[C@H](N)Cc1cc(F)c(F)cc1F)CC2. The number of imidazole rings is 4. The van der Waals surface area contributed by atoms with Gasteiger partial charge in [-0.2, -0.15) is 52.7 Å². The van der Waals surface area contributed by atoms with Gasteiger partial charge in [-0.05, 0) is 133 Å². The molecule has 0 fully saturated rings. The second-order valence-electron chi connectivity index (χ2n) is 37.2. The Bertz CT molecular complexity index is 6080. The topological polar surface area (TPSA) is 406 Å². The molecule has 0 spiro atoms. The number of halogens is 24. The Labute approximate surface area is 840 Å². The molecule has 0 aliphatic carbocycles. The second-order valence-corrected chi connectivity index (χ2v) is 37.2. The minimum absolute atomic E-state index is 0.0499. The molecular formula is C94H107F24N19O13. The first-order valence-corrected chi connectivity index (χ1v) is 46.7. The van der Waals surface area contributed by atoms with Crippen molar-refractivity contribution in [1.82, 2.24) is 84.4 Å². The Kier molecular flexibility index (Phi) is 40.1. The number of ether oxygens (including phenoxy) is 2. The van der Waals surface area contributed by atoms with E-state index < -0.39 is 281 Å². The highest BCUT2D eigenvalue weighted by molar-refractivity contribution is 5.95. The number of nitrogens with two attached hydrogens (primary N) is 2. The number of fused-ring (bicyclic) bond motifs is 4. The summed E-state index contributed by atoms with van der Waals surface area (Å²) in [6, 6.07) is -0.347. The molecule has 0 saturated carbocycles. The lowest BCUT2D eigenvalue weighted by Crippen LogP contribution is -2.46. The summed E-state index contributed by atoms with van der Waals surface area (Å²) in [6.45, 7) is 12.5. The number of hydrogen-bond donors (Lipinski definition) is 8. The Morgan fingerprint density at radius 1 is 0.333 bits per heavy atom. The molecule has 4 atom stereocenters. The predicted molar refractivity (Wildman–Crippen MR) is 480 cm³/mol. The number of carboxylic acid groups (broad SMARTS) is 1. The van der Waals surface area contributed by atoms with Gasteiger partial charge in [-0.15, -0.1) is 0 Å². The first kappa shape index (κ1) is 120. The summed E-state index contributed by atoms with van der Waals surface area (Å²) in [6.07, 6.45) is -20.2. The second kappa shape index (κ2) is 50.3. The van der Waals surface area contributed by atoms with Crippen LogP contribution in [0, 0.1) is 69.8 Å². The monoisotopic (exact) mass is 2170 g/mol. The number of aromatic carboxylic acids is 1. The van der Waals surface area contributed by atoms with Crippen molar-refractivity contribution < 1.29 is 168 Å². The molecule has 8 heterocycles. The molecule has 56 heteroatoms. The molecule has 8 aromatic rings. The Morgan fingerprint density at radius 3 is 0.780 bits per heavy atom. The first-order chi connectivity index (χ1) is 69.8. The maximum Gasteiger partial charge on any atom is 0.449 e. The maximum atomic E-state index is 14.4. The molecule has 824 valence electrons. The molecule has 150 heavy (non-hydrogen) atoms. The van der Waals surface area contributed by atoms with Crippen LogP contribution in [0.25, 0.3) is 0 Å². The van der Waals surface area contributed by atoms with E-state index in [1.54, 1.807) is 41.5 Å². The van der Waals surface area contributed by atoms with E-state index in [9.17, 15) is 158 Å². The average molecular weight is 2170 g/mol. The number of carbonyl (C=O) groups is 10. The minimum atomic E-state index is -4.93. The van der Waals surface area contributed by atoms with Gasteiger partial charge in [0.25, 0.3) is 17.7 Å². The van der Waals surface area contributed by atoms with Gasteiger partial charge in [0.05, 0.1) is 49.0 Å². The number of carbonyl (C=O) groups excluding carboxylic acids is 9. The summed E-state index contributed by atoms with van der Waals surface area (Å²) >= 11 is 0. The lowest BCUT2D eigenvalue weighted by Gasteiger charge is -2.31. The number of benzene rings is 4. The third-order valence-corrected chi connectivity index (χ3v) is 23.2. The highest BCUT2D eigenvalue weighted by Gasteiger charge is 2.48. The summed E-state index contributed by atoms with van der Waals surface area (Å²) in [4.78, 5) is 144. The van der Waals surface area contributed by atoms with Gasteiger partial charge in [0, 0.05) is 146 Å². The number of amides is 9. The van der Waals surface area contributed by atoms with E-state index >= 15 is 0 Å². The van der Waals surface area contributed by atoms with Crippen LogP contribution in [0.15, 0.2) is 48.5 Å². The zero-order chi connectivity index (χ0) is 112. The van der Waals surface area contributed by atoms with Crippen molar-refractivity contribution in [2.45, 2.75) is 265 Å². The lowest BCUT2D eigenvalue weighted by molar-refractivity contribution is -0.149. The van der Waals surface area contributed by atoms with Crippen LogP contribution in [-0.2, 0) is 131 Å². The molecule has 0 radical (unpaired) electrons. The number of alkyl halides is 12. The van der Waals surface area contributed by atoms with Crippen LogP contribution in [0.5, 0.6) is 0 Å². The highest BCUT2D eigenvalue weighted by atomic mass is 19.4. The van der Waals surface area contributed by atoms with Crippen molar-refractivity contribution in [3.63, 3.8) is 0 Å². The zero-order valence-corrected chi connectivity index (χ0v) is 81.9. The third kappa shape index (κ3) is 32.4. The predicted octanol–water partition coefficient (Wildman–Crippen LogP) is 14.9. The minimum Gasteiger partial charge on any atom is -0.476 e. The number of aromatic nitrogens is 8. The fraction of sp³-hybridized carbons (Fsp3) is 0.511. The lowest BCUT2D eigenvalue weighted by atomic mass is 10.0. The fourth-order valence-corrected chi connectivity index (χ4v) is 16.1. The van der Waals surface area contributed by atoms with Crippen molar-refractivity contribution in [2.75, 3.05) is 45.8 Å². The van der Waals surface area contributed by atoms with Crippen LogP contribution in [0.2, 0.25) is 0 Å². The van der Waals surface area contributed by atoms with Crippen LogP contribution in [-0.4, -0.2) is 204 Å². The van der Waals surface area contributed by atoms with E-state index in [1.165, 1.54) is 14.7 Å². The summed E-state index contributed by atoms with van der Waals surface area (Å²) < 4.78 is 339. The van der Waals surface area contributed by atoms with Crippen LogP contribution in [0.3, 0.4) is 0 Å². The quantitative estimate of drug-likeness (QED) is 0.0114. The van der Waals surface area contributed by atoms with Gasteiger partial charge < -0.3 is 90.5 Å². The Hall–Kier alpha value is -13.7. The first-order valence-electron chi connectivity index (χ1n) is 46.7. The van der Waals surface area contributed by atoms with Crippen molar-refractivity contribution >= 4 is 59.5 Å². The van der Waals surface area contributed by atoms with Crippen molar-refractivity contribution in [3.8, 4) is 0 Å². The van der Waals surface area contributed by atoms with Crippen LogP contribution < -0.4 is 38.1 Å². The van der Waals surface area contributed by atoms with Gasteiger partial charge in [-0.3, -0.25) is 33.6 Å². The van der Waals surface area contributed by atoms with Gasteiger partial charge in [0.15, 0.2) is 69.3 Å². The summed E-state index contributed by atoms with van der Waals surface area (Å²) in [7, 11) is 0. The molecule has 10 N–H and O–H groups in total. The van der Waals surface area contributed by atoms with Crippen LogP contribution in [0.1, 0.15) is 237 Å². The fourth-order valence-electron chi connectivity index (χ4n) is 16.1. The molecule has 4 aliphatic rings. The third-order valence-electron chi connectivity index (χ3n) is 23.2. The molecule has 0 saturated heterocycles. The number of rotatable bonds is 31. The van der Waals surface area contributed by atoms with E-state index in [0.717, 1.165) is 37.9 Å². The van der Waals surface area contributed by atoms with Crippen molar-refractivity contribution in [1.29, 1.82) is 0 Å². The molecule has 9 amide bonds. The molecule has 4 aliphatic heterocycles. The smallest absolute Gasteiger partial charge is 0.449 e. The number of unbranched alkanes of at least 4 members (excludes halogenated alkanes) is 3. The van der Waals surface area contributed by atoms with E-state index in [4.69, 9.17) is 20.9 Å². The van der Waals surface area contributed by atoms with Gasteiger partial charge in [-0.25, -0.2) is 87.0 Å². The number of carboxylic acids is 1. The highest BCUT2D eigenvalue weighted by Crippen LogP contribution is 2.39. The zero-order valence-electron chi connectivity index (χ0n) is 81.9. The van der Waals surface area contributed by atoms with E-state index in [1.807, 2.05) is 20.8 Å². The molecular weight excluding hydrogens is 2060 g/mol. The summed E-state index contributed by atoms with van der Waals surface area (Å²) in [5, 5.41) is 21.7. The standard InChI is InChI=1S/C27H33F6N5O4.C23H24F6N4O5.2C22H25F6N5O2/c1-5-6-7-34-23(40)22-20-14-37(8-9-38(20)24(36-22)27(31,32)33)21(39)12-16(35-25(41)42-26(2,3)4)10-15-11-18(29)19(30)13-17(15)28;1-22(2,3)38-21(37)30-12(6-11-7-14(25)15(26)9-13(11)24)8-17(34)32-4-5-33-16(10-32)18(19(35)36)31-20(33)23(27,28)29;2*1-2-3-4-30-20(35)19-17-11-32(5-6-33(17)21(31-19)22(26,27)28)18(34)9-13(29)7-12-8-15(24)16(25)10-14(12)23/h11,13,16H,5-10,12,14H2,1-4H3,(H,34,40)(H,35,41);7,9,12H,4-6,8,10H2,1-3H3,(H,30,37)(H,35,36);2*8,10,13H,2-7,9,11,29H2,1H3,(H,30,35)/t16-;12-;2*13-/m1111/s1. The number of nitrogens with zero attached hydrogens (tertiary/aromatic N) is 12. The van der Waals surface area contributed by atoms with Gasteiger partial charge >= 0.3 is 42.9 Å². The normalized spacial score (nSPS) is 14.5. The Morgan fingerprint density at radius 2 is 0.553 bits per heavy atom. The number of nitrogens with one attached hydrogen (secondary N) is 5. The molecule has 0 bridgehead atoms. The van der Waals surface area contributed by atoms with Crippen LogP contribution >= 0.6 is 0 Å². The van der Waals surface area contributed by atoms with E-state index in [-0.39, 0.29) is 149 Å².